The van der Waals surface area contributed by atoms with Gasteiger partial charge >= 0.3 is 0 Å². The zero-order valence-corrected chi connectivity index (χ0v) is 22.1. The molecule has 1 aromatic rings. The topological polar surface area (TPSA) is 217 Å². The van der Waals surface area contributed by atoms with Gasteiger partial charge in [-0.2, -0.15) is 0 Å². The van der Waals surface area contributed by atoms with Crippen molar-refractivity contribution < 1.29 is 34.8 Å². The van der Waals surface area contributed by atoms with Gasteiger partial charge < -0.3 is 36.8 Å². The number of phenolic OH excluding ortho intramolecular Hbond substituents is 1. The molecular formula is C26H35N5O7. The van der Waals surface area contributed by atoms with Crippen molar-refractivity contribution in [3.8, 4) is 5.75 Å². The quantitative estimate of drug-likeness (QED) is 0.154. The number of primary amides is 1. The molecule has 0 fully saturated rings. The summed E-state index contributed by atoms with van der Waals surface area (Å²) in [6.45, 7) is 5.31. The number of carbonyl (C=O) groups is 3. The third kappa shape index (κ3) is 3.62. The highest BCUT2D eigenvalue weighted by molar-refractivity contribution is 6.25. The number of nitrogens with two attached hydrogens (primary N) is 3. The smallest absolute Gasteiger partial charge is 0.255 e. The number of aliphatic hydroxyl groups excluding tert-OH is 2. The number of rotatable bonds is 5. The molecule has 1 aromatic carbocycles. The average Bonchev–Trinajstić information content (AvgIpc) is 2.80. The fraction of sp³-hybridized carbons (Fsp3) is 0.500. The maximum atomic E-state index is 14.0. The van der Waals surface area contributed by atoms with E-state index in [4.69, 9.17) is 17.3 Å². The lowest BCUT2D eigenvalue weighted by Crippen LogP contribution is -2.65. The van der Waals surface area contributed by atoms with Crippen LogP contribution < -0.4 is 22.2 Å². The summed E-state index contributed by atoms with van der Waals surface area (Å²) in [5.74, 6) is -1.45. The normalized spacial score (nSPS) is 29.0. The third-order valence-corrected chi connectivity index (χ3v) is 8.23. The molecule has 0 aromatic heterocycles. The number of hydrogen-bond acceptors (Lipinski definition) is 11. The van der Waals surface area contributed by atoms with Crippen molar-refractivity contribution in [2.24, 2.45) is 29.1 Å². The van der Waals surface area contributed by atoms with Crippen molar-refractivity contribution in [1.82, 2.24) is 5.01 Å². The third-order valence-electron chi connectivity index (χ3n) is 8.23. The predicted octanol–water partition coefficient (Wildman–Crippen LogP) is 0.0579. The molecule has 4 atom stereocenters. The maximum Gasteiger partial charge on any atom is 0.255 e. The number of allylic oxidation sites excluding steroid dienone is 1. The number of fused-ring (bicyclic) bond motifs is 3. The van der Waals surface area contributed by atoms with Gasteiger partial charge in [-0.15, -0.1) is 0 Å². The van der Waals surface area contributed by atoms with Crippen LogP contribution in [0.15, 0.2) is 28.7 Å². The molecule has 3 aliphatic rings. The van der Waals surface area contributed by atoms with Crippen molar-refractivity contribution in [3.63, 3.8) is 0 Å². The Morgan fingerprint density at radius 2 is 1.82 bits per heavy atom. The molecule has 0 spiro atoms. The summed E-state index contributed by atoms with van der Waals surface area (Å²) in [6.07, 6.45) is -0.206. The van der Waals surface area contributed by atoms with E-state index in [9.17, 15) is 34.8 Å². The molecule has 12 nitrogen and oxygen atoms in total. The number of aromatic hydroxyl groups is 1. The van der Waals surface area contributed by atoms with Gasteiger partial charge in [-0.1, -0.05) is 6.92 Å². The summed E-state index contributed by atoms with van der Waals surface area (Å²) in [5.41, 5.74) is 7.82. The zero-order valence-electron chi connectivity index (χ0n) is 22.1. The second kappa shape index (κ2) is 8.80. The van der Waals surface area contributed by atoms with E-state index in [1.807, 2.05) is 13.8 Å². The fourth-order valence-electron chi connectivity index (χ4n) is 6.03. The standard InChI is InChI=1S/C26H35N5O7/c1-10(2)31(29)9-12-6-15(30(4)5)13-7-25(28)8-14-11(3)19(32)17(24(27)37)22(35)26(14,38)23(36)18(25)21(34)16(13)20(12)33/h6,10-11,14,32-33,36,38H,7-9,28-29H2,1-5H3,(H2,27,37)/t11?,14-,25+,26+/m0/s1. The first-order valence-electron chi connectivity index (χ1n) is 12.3. The van der Waals surface area contributed by atoms with Crippen LogP contribution in [0.4, 0.5) is 5.69 Å². The van der Waals surface area contributed by atoms with Crippen molar-refractivity contribution in [3.05, 3.63) is 45.4 Å². The molecule has 0 aliphatic heterocycles. The number of anilines is 1. The highest BCUT2D eigenvalue weighted by Crippen LogP contribution is 2.55. The Morgan fingerprint density at radius 3 is 2.34 bits per heavy atom. The first-order chi connectivity index (χ1) is 17.5. The van der Waals surface area contributed by atoms with Gasteiger partial charge in [0, 0.05) is 49.8 Å². The molecule has 1 amide bonds. The van der Waals surface area contributed by atoms with Gasteiger partial charge in [0.05, 0.1) is 16.7 Å². The van der Waals surface area contributed by atoms with Crippen LogP contribution in [0.1, 0.15) is 48.7 Å². The number of amides is 1. The Morgan fingerprint density at radius 1 is 1.21 bits per heavy atom. The van der Waals surface area contributed by atoms with E-state index in [0.29, 0.717) is 16.8 Å². The molecule has 0 radical (unpaired) electrons. The number of Topliss-reactive ketones (excluding diaryl/α,β-unsaturated/α-hetero) is 2. The number of hydrogen-bond donors (Lipinski definition) is 7. The maximum absolute atomic E-state index is 14.0. The first kappa shape index (κ1) is 27.6. The molecule has 1 unspecified atom stereocenters. The summed E-state index contributed by atoms with van der Waals surface area (Å²) in [7, 11) is 3.54. The number of carbonyl (C=O) groups excluding carboxylic acids is 3. The van der Waals surface area contributed by atoms with Crippen molar-refractivity contribution >= 4 is 23.2 Å². The van der Waals surface area contributed by atoms with Gasteiger partial charge in [0.15, 0.2) is 11.4 Å². The summed E-state index contributed by atoms with van der Waals surface area (Å²) in [5, 5.41) is 46.3. The van der Waals surface area contributed by atoms with E-state index < -0.39 is 63.1 Å². The first-order valence-corrected chi connectivity index (χ1v) is 12.3. The fourth-order valence-corrected chi connectivity index (χ4v) is 6.03. The van der Waals surface area contributed by atoms with E-state index in [1.165, 1.54) is 11.9 Å². The molecular weight excluding hydrogens is 494 g/mol. The number of ketones is 2. The Kier molecular flexibility index (Phi) is 6.39. The summed E-state index contributed by atoms with van der Waals surface area (Å²) < 4.78 is 0. The minimum Gasteiger partial charge on any atom is -0.511 e. The van der Waals surface area contributed by atoms with Crippen molar-refractivity contribution in [2.45, 2.75) is 57.3 Å². The van der Waals surface area contributed by atoms with E-state index in [1.54, 1.807) is 25.1 Å². The molecule has 0 saturated heterocycles. The Hall–Kier alpha value is -3.45. The number of aliphatic hydroxyl groups is 3. The van der Waals surface area contributed by atoms with Crippen LogP contribution >= 0.6 is 0 Å². The lowest BCUT2D eigenvalue weighted by molar-refractivity contribution is -0.147. The average molecular weight is 530 g/mol. The minimum absolute atomic E-state index is 0.0218. The highest BCUT2D eigenvalue weighted by atomic mass is 16.3. The van der Waals surface area contributed by atoms with E-state index in [2.05, 4.69) is 0 Å². The summed E-state index contributed by atoms with van der Waals surface area (Å²) in [6, 6.07) is 1.65. The van der Waals surface area contributed by atoms with Crippen LogP contribution in [0.25, 0.3) is 0 Å². The van der Waals surface area contributed by atoms with E-state index in [0.717, 1.165) is 0 Å². The Balaban J connectivity index is 1.98. The minimum atomic E-state index is -2.72. The highest BCUT2D eigenvalue weighted by Gasteiger charge is 2.64. The van der Waals surface area contributed by atoms with Crippen LogP contribution in [0.3, 0.4) is 0 Å². The largest absolute Gasteiger partial charge is 0.511 e. The summed E-state index contributed by atoms with van der Waals surface area (Å²) in [4.78, 5) is 41.0. The molecule has 4 rings (SSSR count). The van der Waals surface area contributed by atoms with E-state index >= 15 is 0 Å². The van der Waals surface area contributed by atoms with Gasteiger partial charge in [0.1, 0.15) is 22.8 Å². The van der Waals surface area contributed by atoms with Crippen LogP contribution in [0.2, 0.25) is 0 Å². The second-order valence-electron chi connectivity index (χ2n) is 11.1. The van der Waals surface area contributed by atoms with Gasteiger partial charge in [-0.25, -0.2) is 5.01 Å². The molecule has 206 valence electrons. The van der Waals surface area contributed by atoms with Crippen LogP contribution in [0, 0.1) is 11.8 Å². The molecule has 10 N–H and O–H groups in total. The Labute approximate surface area is 220 Å². The number of phenols is 1. The Bertz CT molecular complexity index is 1330. The molecule has 0 saturated carbocycles. The SMILES string of the molecule is CC1C(O)=C(C(N)=O)C(=O)[C@@]2(O)C(O)=C3C(=O)c4c(O)c(CN(N)C(C)C)cc(N(C)C)c4C[C@@]3(N)C[C@@H]12. The van der Waals surface area contributed by atoms with Crippen LogP contribution in [-0.2, 0) is 22.6 Å². The molecule has 0 heterocycles. The second-order valence-corrected chi connectivity index (χ2v) is 11.1. The monoisotopic (exact) mass is 529 g/mol. The van der Waals surface area contributed by atoms with Gasteiger partial charge in [-0.05, 0) is 38.3 Å². The number of nitrogens with zero attached hydrogens (tertiary/aromatic N) is 2. The molecule has 0 bridgehead atoms. The lowest BCUT2D eigenvalue weighted by atomic mass is 9.55. The number of benzene rings is 1. The summed E-state index contributed by atoms with van der Waals surface area (Å²) >= 11 is 0. The molecule has 3 aliphatic carbocycles. The van der Waals surface area contributed by atoms with Crippen LogP contribution in [-0.4, -0.2) is 74.2 Å². The van der Waals surface area contributed by atoms with Gasteiger partial charge in [0.2, 0.25) is 5.78 Å². The molecule has 12 heteroatoms. The molecule has 38 heavy (non-hydrogen) atoms. The zero-order chi connectivity index (χ0) is 28.6. The van der Waals surface area contributed by atoms with Gasteiger partial charge in [-0.3, -0.25) is 20.2 Å². The van der Waals surface area contributed by atoms with Crippen molar-refractivity contribution in [2.75, 3.05) is 19.0 Å². The number of hydrazine groups is 1. The van der Waals surface area contributed by atoms with E-state index in [-0.39, 0.29) is 36.7 Å². The van der Waals surface area contributed by atoms with Crippen molar-refractivity contribution in [1.29, 1.82) is 0 Å². The van der Waals surface area contributed by atoms with Gasteiger partial charge in [0.25, 0.3) is 5.91 Å². The van der Waals surface area contributed by atoms with Crippen LogP contribution in [0.5, 0.6) is 5.75 Å². The predicted molar refractivity (Wildman–Crippen MR) is 138 cm³/mol. The lowest BCUT2D eigenvalue weighted by Gasteiger charge is -2.52.